The molecule has 1 N–H and O–H groups in total. The van der Waals surface area contributed by atoms with Crippen LogP contribution in [-0.4, -0.2) is 54.7 Å². The fraction of sp³-hybridized carbons (Fsp3) is 0.600. The van der Waals surface area contributed by atoms with Gasteiger partial charge in [0.25, 0.3) is 5.91 Å². The number of aromatic nitrogens is 1. The summed E-state index contributed by atoms with van der Waals surface area (Å²) < 4.78 is 5.67. The van der Waals surface area contributed by atoms with E-state index in [1.807, 2.05) is 6.92 Å². The SMILES string of the molecule is CCc1cc(C(=O)NCC2CN(CC)CCO2)cc(Cl)n1. The molecular weight excluding hydrogens is 290 g/mol. The molecule has 1 aromatic rings. The lowest BCUT2D eigenvalue weighted by Crippen LogP contribution is -2.47. The number of aryl methyl sites for hydroxylation is 1. The second-order valence-corrected chi connectivity index (χ2v) is 5.51. The van der Waals surface area contributed by atoms with Crippen LogP contribution < -0.4 is 5.32 Å². The molecule has 2 rings (SSSR count). The lowest BCUT2D eigenvalue weighted by Gasteiger charge is -2.32. The van der Waals surface area contributed by atoms with Crippen molar-refractivity contribution in [2.24, 2.45) is 0 Å². The number of nitrogens with one attached hydrogen (secondary N) is 1. The summed E-state index contributed by atoms with van der Waals surface area (Å²) in [5.74, 6) is -0.133. The highest BCUT2D eigenvalue weighted by Crippen LogP contribution is 2.12. The molecule has 0 saturated carbocycles. The molecule has 1 aliphatic heterocycles. The first-order valence-electron chi connectivity index (χ1n) is 7.41. The van der Waals surface area contributed by atoms with Crippen molar-refractivity contribution in [3.05, 3.63) is 28.5 Å². The first kappa shape index (κ1) is 16.2. The van der Waals surface area contributed by atoms with Crippen LogP contribution in [0.15, 0.2) is 12.1 Å². The number of rotatable bonds is 5. The number of likely N-dealkylation sites (N-methyl/N-ethyl adjacent to an activating group) is 1. The molecule has 0 bridgehead atoms. The molecule has 1 aromatic heterocycles. The van der Waals surface area contributed by atoms with E-state index in [1.54, 1.807) is 12.1 Å². The Labute approximate surface area is 130 Å². The number of carbonyl (C=O) groups excluding carboxylic acids is 1. The standard InChI is InChI=1S/C15H22ClN3O2/c1-3-12-7-11(8-14(16)18-12)15(20)17-9-13-10-19(4-2)5-6-21-13/h7-8,13H,3-6,9-10H2,1-2H3,(H,17,20). The van der Waals surface area contributed by atoms with E-state index in [2.05, 4.69) is 22.1 Å². The van der Waals surface area contributed by atoms with E-state index in [0.717, 1.165) is 38.4 Å². The summed E-state index contributed by atoms with van der Waals surface area (Å²) in [6.07, 6.45) is 0.795. The highest BCUT2D eigenvalue weighted by Gasteiger charge is 2.20. The average Bonchev–Trinajstić information content (AvgIpc) is 2.52. The van der Waals surface area contributed by atoms with Gasteiger partial charge in [-0.2, -0.15) is 0 Å². The number of pyridine rings is 1. The third-order valence-corrected chi connectivity index (χ3v) is 3.83. The fourth-order valence-electron chi connectivity index (χ4n) is 2.36. The van der Waals surface area contributed by atoms with Crippen molar-refractivity contribution in [3.63, 3.8) is 0 Å². The molecule has 1 amide bonds. The highest BCUT2D eigenvalue weighted by molar-refractivity contribution is 6.29. The average molecular weight is 312 g/mol. The fourth-order valence-corrected chi connectivity index (χ4v) is 2.59. The summed E-state index contributed by atoms with van der Waals surface area (Å²) in [6.45, 7) is 8.16. The number of carbonyl (C=O) groups is 1. The number of nitrogens with zero attached hydrogens (tertiary/aromatic N) is 2. The molecule has 0 radical (unpaired) electrons. The number of hydrogen-bond donors (Lipinski definition) is 1. The molecule has 1 saturated heterocycles. The van der Waals surface area contributed by atoms with Gasteiger partial charge in [0.1, 0.15) is 5.15 Å². The first-order valence-corrected chi connectivity index (χ1v) is 7.78. The van der Waals surface area contributed by atoms with Crippen LogP contribution in [0.4, 0.5) is 0 Å². The van der Waals surface area contributed by atoms with Gasteiger partial charge >= 0.3 is 0 Å². The van der Waals surface area contributed by atoms with Crippen molar-refractivity contribution in [3.8, 4) is 0 Å². The van der Waals surface area contributed by atoms with Crippen molar-refractivity contribution in [2.45, 2.75) is 26.4 Å². The van der Waals surface area contributed by atoms with Crippen molar-refractivity contribution < 1.29 is 9.53 Å². The van der Waals surface area contributed by atoms with Crippen LogP contribution in [0, 0.1) is 0 Å². The van der Waals surface area contributed by atoms with Gasteiger partial charge in [0.05, 0.1) is 12.7 Å². The number of hydrogen-bond acceptors (Lipinski definition) is 4. The summed E-state index contributed by atoms with van der Waals surface area (Å²) in [5, 5.41) is 3.27. The van der Waals surface area contributed by atoms with E-state index in [-0.39, 0.29) is 12.0 Å². The van der Waals surface area contributed by atoms with Crippen LogP contribution in [0.25, 0.3) is 0 Å². The summed E-state index contributed by atoms with van der Waals surface area (Å²) >= 11 is 5.94. The van der Waals surface area contributed by atoms with E-state index in [0.29, 0.717) is 17.3 Å². The minimum atomic E-state index is -0.133. The molecule has 6 heteroatoms. The Hall–Kier alpha value is -1.17. The summed E-state index contributed by atoms with van der Waals surface area (Å²) in [6, 6.07) is 3.37. The lowest BCUT2D eigenvalue weighted by atomic mass is 10.2. The third-order valence-electron chi connectivity index (χ3n) is 3.63. The largest absolute Gasteiger partial charge is 0.374 e. The second-order valence-electron chi connectivity index (χ2n) is 5.12. The Kier molecular flexibility index (Phi) is 5.96. The molecule has 1 fully saturated rings. The van der Waals surface area contributed by atoms with Gasteiger partial charge in [-0.25, -0.2) is 4.98 Å². The van der Waals surface area contributed by atoms with Gasteiger partial charge in [0.15, 0.2) is 0 Å². The number of halogens is 1. The normalized spacial score (nSPS) is 19.5. The number of amides is 1. The minimum Gasteiger partial charge on any atom is -0.374 e. The quantitative estimate of drug-likeness (QED) is 0.842. The molecule has 0 aliphatic carbocycles. The van der Waals surface area contributed by atoms with Crippen molar-refractivity contribution >= 4 is 17.5 Å². The van der Waals surface area contributed by atoms with Gasteiger partial charge in [0, 0.05) is 30.9 Å². The van der Waals surface area contributed by atoms with Crippen molar-refractivity contribution in [2.75, 3.05) is 32.8 Å². The Balaban J connectivity index is 1.91. The third kappa shape index (κ3) is 4.66. The van der Waals surface area contributed by atoms with Gasteiger partial charge < -0.3 is 10.1 Å². The van der Waals surface area contributed by atoms with Gasteiger partial charge in [-0.15, -0.1) is 0 Å². The summed E-state index contributed by atoms with van der Waals surface area (Å²) in [5.41, 5.74) is 1.37. The van der Waals surface area contributed by atoms with E-state index in [9.17, 15) is 4.79 Å². The molecule has 1 aliphatic rings. The van der Waals surface area contributed by atoms with E-state index in [4.69, 9.17) is 16.3 Å². The topological polar surface area (TPSA) is 54.5 Å². The molecule has 2 heterocycles. The lowest BCUT2D eigenvalue weighted by molar-refractivity contribution is -0.0246. The maximum absolute atomic E-state index is 12.2. The summed E-state index contributed by atoms with van der Waals surface area (Å²) in [7, 11) is 0. The zero-order chi connectivity index (χ0) is 15.2. The van der Waals surface area contributed by atoms with Gasteiger partial charge in [-0.05, 0) is 25.1 Å². The maximum Gasteiger partial charge on any atom is 0.251 e. The van der Waals surface area contributed by atoms with Gasteiger partial charge in [-0.1, -0.05) is 25.4 Å². The molecule has 21 heavy (non-hydrogen) atoms. The number of morpholine rings is 1. The molecule has 1 atom stereocenters. The monoisotopic (exact) mass is 311 g/mol. The number of ether oxygens (including phenoxy) is 1. The van der Waals surface area contributed by atoms with Crippen LogP contribution >= 0.6 is 11.6 Å². The van der Waals surface area contributed by atoms with Crippen LogP contribution in [0.3, 0.4) is 0 Å². The van der Waals surface area contributed by atoms with Crippen LogP contribution in [0.1, 0.15) is 29.9 Å². The predicted octanol–water partition coefficient (Wildman–Crippen LogP) is 1.75. The minimum absolute atomic E-state index is 0.0469. The summed E-state index contributed by atoms with van der Waals surface area (Å²) in [4.78, 5) is 18.7. The highest BCUT2D eigenvalue weighted by atomic mass is 35.5. The Morgan fingerprint density at radius 2 is 2.33 bits per heavy atom. The molecule has 116 valence electrons. The predicted molar refractivity (Wildman–Crippen MR) is 82.8 cm³/mol. The van der Waals surface area contributed by atoms with Crippen LogP contribution in [-0.2, 0) is 11.2 Å². The molecular formula is C15H22ClN3O2. The van der Waals surface area contributed by atoms with E-state index in [1.165, 1.54) is 0 Å². The van der Waals surface area contributed by atoms with Crippen LogP contribution in [0.2, 0.25) is 5.15 Å². The van der Waals surface area contributed by atoms with Crippen molar-refractivity contribution in [1.29, 1.82) is 0 Å². The zero-order valence-electron chi connectivity index (χ0n) is 12.6. The molecule has 1 unspecified atom stereocenters. The second kappa shape index (κ2) is 7.73. The molecule has 0 aromatic carbocycles. The van der Waals surface area contributed by atoms with Crippen molar-refractivity contribution in [1.82, 2.24) is 15.2 Å². The Bertz CT molecular complexity index is 496. The van der Waals surface area contributed by atoms with Crippen LogP contribution in [0.5, 0.6) is 0 Å². The Morgan fingerprint density at radius 3 is 3.05 bits per heavy atom. The zero-order valence-corrected chi connectivity index (χ0v) is 13.3. The van der Waals surface area contributed by atoms with E-state index < -0.39 is 0 Å². The van der Waals surface area contributed by atoms with E-state index >= 15 is 0 Å². The molecule has 5 nitrogen and oxygen atoms in total. The van der Waals surface area contributed by atoms with Gasteiger partial charge in [0.2, 0.25) is 0 Å². The first-order chi connectivity index (χ1) is 10.1. The van der Waals surface area contributed by atoms with Gasteiger partial charge in [-0.3, -0.25) is 9.69 Å². The smallest absolute Gasteiger partial charge is 0.251 e. The maximum atomic E-state index is 12.2. The molecule has 0 spiro atoms. The Morgan fingerprint density at radius 1 is 1.52 bits per heavy atom.